The molecule has 1 saturated heterocycles. The van der Waals surface area contributed by atoms with Gasteiger partial charge in [-0.1, -0.05) is 19.9 Å². The molecule has 12 heavy (non-hydrogen) atoms. The predicted molar refractivity (Wildman–Crippen MR) is 53.0 cm³/mol. The van der Waals surface area contributed by atoms with Gasteiger partial charge in [-0.25, -0.2) is 0 Å². The summed E-state index contributed by atoms with van der Waals surface area (Å²) in [7, 11) is 2.18. The molecule has 0 radical (unpaired) electrons. The van der Waals surface area contributed by atoms with Crippen LogP contribution in [0.4, 0.5) is 0 Å². The Kier molecular flexibility index (Phi) is 3.60. The van der Waals surface area contributed by atoms with Crippen molar-refractivity contribution in [1.82, 2.24) is 9.80 Å². The molecule has 0 aromatic carbocycles. The van der Waals surface area contributed by atoms with Crippen LogP contribution in [0.15, 0.2) is 12.3 Å². The zero-order valence-corrected chi connectivity index (χ0v) is 8.45. The van der Waals surface area contributed by atoms with Gasteiger partial charge in [0, 0.05) is 26.2 Å². The second-order valence-corrected chi connectivity index (χ2v) is 3.92. The highest BCUT2D eigenvalue weighted by atomic mass is 15.2. The SMILES string of the molecule is CC(C)/C=C/N1CCN(C)CC1. The van der Waals surface area contributed by atoms with E-state index in [0.717, 1.165) is 0 Å². The van der Waals surface area contributed by atoms with Crippen LogP contribution in [-0.2, 0) is 0 Å². The Morgan fingerprint density at radius 2 is 1.67 bits per heavy atom. The Hall–Kier alpha value is -0.500. The molecule has 70 valence electrons. The third-order valence-electron chi connectivity index (χ3n) is 2.22. The minimum atomic E-state index is 0.671. The van der Waals surface area contributed by atoms with Gasteiger partial charge < -0.3 is 9.80 Å². The number of allylic oxidation sites excluding steroid dienone is 1. The van der Waals surface area contributed by atoms with Crippen molar-refractivity contribution in [2.75, 3.05) is 33.2 Å². The second-order valence-electron chi connectivity index (χ2n) is 3.92. The number of hydrogen-bond donors (Lipinski definition) is 0. The van der Waals surface area contributed by atoms with Crippen LogP contribution in [0.1, 0.15) is 13.8 Å². The number of nitrogens with zero attached hydrogens (tertiary/aromatic N) is 2. The average molecular weight is 168 g/mol. The molecule has 0 aromatic heterocycles. The Balaban J connectivity index is 2.26. The summed E-state index contributed by atoms with van der Waals surface area (Å²) in [6.45, 7) is 9.18. The van der Waals surface area contributed by atoms with Crippen molar-refractivity contribution in [2.45, 2.75) is 13.8 Å². The van der Waals surface area contributed by atoms with Crippen LogP contribution in [-0.4, -0.2) is 43.0 Å². The molecular weight excluding hydrogens is 148 g/mol. The van der Waals surface area contributed by atoms with Crippen LogP contribution in [0.5, 0.6) is 0 Å². The van der Waals surface area contributed by atoms with Crippen LogP contribution in [0.25, 0.3) is 0 Å². The zero-order chi connectivity index (χ0) is 8.97. The van der Waals surface area contributed by atoms with E-state index in [2.05, 4.69) is 43.0 Å². The molecule has 1 aliphatic rings. The molecule has 1 aliphatic heterocycles. The van der Waals surface area contributed by atoms with Crippen molar-refractivity contribution < 1.29 is 0 Å². The highest BCUT2D eigenvalue weighted by Gasteiger charge is 2.09. The third kappa shape index (κ3) is 3.26. The van der Waals surface area contributed by atoms with E-state index in [1.165, 1.54) is 26.2 Å². The first-order valence-electron chi connectivity index (χ1n) is 4.79. The molecule has 1 rings (SSSR count). The van der Waals surface area contributed by atoms with Crippen LogP contribution in [0, 0.1) is 5.92 Å². The van der Waals surface area contributed by atoms with Crippen molar-refractivity contribution in [1.29, 1.82) is 0 Å². The molecule has 0 saturated carbocycles. The van der Waals surface area contributed by atoms with Crippen LogP contribution < -0.4 is 0 Å². The molecular formula is C10H20N2. The minimum absolute atomic E-state index is 0.671. The average Bonchev–Trinajstić information content (AvgIpc) is 2.03. The second kappa shape index (κ2) is 4.51. The lowest BCUT2D eigenvalue weighted by molar-refractivity contribution is 0.198. The molecule has 2 heteroatoms. The quantitative estimate of drug-likeness (QED) is 0.615. The lowest BCUT2D eigenvalue weighted by atomic mass is 10.2. The van der Waals surface area contributed by atoms with Crippen molar-refractivity contribution in [3.8, 4) is 0 Å². The van der Waals surface area contributed by atoms with Gasteiger partial charge in [-0.3, -0.25) is 0 Å². The van der Waals surface area contributed by atoms with E-state index in [0.29, 0.717) is 5.92 Å². The molecule has 2 nitrogen and oxygen atoms in total. The number of rotatable bonds is 2. The van der Waals surface area contributed by atoms with Crippen LogP contribution >= 0.6 is 0 Å². The molecule has 0 aromatic rings. The summed E-state index contributed by atoms with van der Waals surface area (Å²) in [6.07, 6.45) is 4.52. The van der Waals surface area contributed by atoms with E-state index in [4.69, 9.17) is 0 Å². The van der Waals surface area contributed by atoms with E-state index in [1.807, 2.05) is 0 Å². The van der Waals surface area contributed by atoms with Gasteiger partial charge in [0.2, 0.25) is 0 Å². The monoisotopic (exact) mass is 168 g/mol. The van der Waals surface area contributed by atoms with Crippen LogP contribution in [0.3, 0.4) is 0 Å². The Morgan fingerprint density at radius 3 is 2.17 bits per heavy atom. The van der Waals surface area contributed by atoms with Gasteiger partial charge in [0.1, 0.15) is 0 Å². The maximum absolute atomic E-state index is 2.40. The number of likely N-dealkylation sites (N-methyl/N-ethyl adjacent to an activating group) is 1. The smallest absolute Gasteiger partial charge is 0.0300 e. The molecule has 1 heterocycles. The van der Waals surface area contributed by atoms with E-state index in [1.54, 1.807) is 0 Å². The summed E-state index contributed by atoms with van der Waals surface area (Å²) in [5.74, 6) is 0.671. The van der Waals surface area contributed by atoms with Gasteiger partial charge in [0.15, 0.2) is 0 Å². The van der Waals surface area contributed by atoms with Gasteiger partial charge >= 0.3 is 0 Å². The molecule has 1 fully saturated rings. The van der Waals surface area contributed by atoms with Crippen molar-refractivity contribution in [3.05, 3.63) is 12.3 Å². The van der Waals surface area contributed by atoms with Gasteiger partial charge in [-0.2, -0.15) is 0 Å². The maximum Gasteiger partial charge on any atom is 0.0300 e. The van der Waals surface area contributed by atoms with Gasteiger partial charge in [-0.05, 0) is 19.2 Å². The highest BCUT2D eigenvalue weighted by molar-refractivity contribution is 4.87. The fourth-order valence-corrected chi connectivity index (χ4v) is 1.26. The van der Waals surface area contributed by atoms with E-state index >= 15 is 0 Å². The molecule has 0 spiro atoms. The normalized spacial score (nSPS) is 21.2. The maximum atomic E-state index is 2.40. The molecule has 0 N–H and O–H groups in total. The standard InChI is InChI=1S/C10H20N2/c1-10(2)4-5-12-8-6-11(3)7-9-12/h4-5,10H,6-9H2,1-3H3/b5-4+. The molecule has 0 aliphatic carbocycles. The van der Waals surface area contributed by atoms with Gasteiger partial charge in [-0.15, -0.1) is 0 Å². The summed E-state index contributed by atoms with van der Waals surface area (Å²) < 4.78 is 0. The summed E-state index contributed by atoms with van der Waals surface area (Å²) >= 11 is 0. The summed E-state index contributed by atoms with van der Waals surface area (Å²) in [5.41, 5.74) is 0. The first-order valence-corrected chi connectivity index (χ1v) is 4.79. The first-order chi connectivity index (χ1) is 5.68. The Bertz CT molecular complexity index is 144. The number of piperazine rings is 1. The summed E-state index contributed by atoms with van der Waals surface area (Å²) in [4.78, 5) is 4.78. The molecule has 0 unspecified atom stereocenters. The first kappa shape index (κ1) is 9.59. The van der Waals surface area contributed by atoms with E-state index < -0.39 is 0 Å². The van der Waals surface area contributed by atoms with Gasteiger partial charge in [0.25, 0.3) is 0 Å². The molecule has 0 bridgehead atoms. The van der Waals surface area contributed by atoms with Gasteiger partial charge in [0.05, 0.1) is 0 Å². The van der Waals surface area contributed by atoms with Crippen molar-refractivity contribution in [3.63, 3.8) is 0 Å². The summed E-state index contributed by atoms with van der Waals surface area (Å²) in [5, 5.41) is 0. The zero-order valence-electron chi connectivity index (χ0n) is 8.45. The predicted octanol–water partition coefficient (Wildman–Crippen LogP) is 1.40. The molecule has 0 atom stereocenters. The summed E-state index contributed by atoms with van der Waals surface area (Å²) in [6, 6.07) is 0. The Labute approximate surface area is 75.8 Å². The van der Waals surface area contributed by atoms with Crippen LogP contribution in [0.2, 0.25) is 0 Å². The van der Waals surface area contributed by atoms with Crippen molar-refractivity contribution >= 4 is 0 Å². The molecule has 0 amide bonds. The minimum Gasteiger partial charge on any atom is -0.375 e. The highest BCUT2D eigenvalue weighted by Crippen LogP contribution is 2.01. The largest absolute Gasteiger partial charge is 0.375 e. The number of hydrogen-bond acceptors (Lipinski definition) is 2. The van der Waals surface area contributed by atoms with Crippen molar-refractivity contribution in [2.24, 2.45) is 5.92 Å². The lowest BCUT2D eigenvalue weighted by Gasteiger charge is -2.31. The van der Waals surface area contributed by atoms with E-state index in [9.17, 15) is 0 Å². The Morgan fingerprint density at radius 1 is 1.08 bits per heavy atom. The topological polar surface area (TPSA) is 6.48 Å². The van der Waals surface area contributed by atoms with E-state index in [-0.39, 0.29) is 0 Å². The lowest BCUT2D eigenvalue weighted by Crippen LogP contribution is -2.41. The fourth-order valence-electron chi connectivity index (χ4n) is 1.26. The fraction of sp³-hybridized carbons (Fsp3) is 0.800. The third-order valence-corrected chi connectivity index (χ3v) is 2.22.